The van der Waals surface area contributed by atoms with Crippen LogP contribution in [0.4, 0.5) is 0 Å². The molecule has 2 heterocycles. The predicted octanol–water partition coefficient (Wildman–Crippen LogP) is 1.51. The lowest BCUT2D eigenvalue weighted by atomic mass is 9.91. The summed E-state index contributed by atoms with van der Waals surface area (Å²) in [4.78, 5) is 13.2. The molecule has 19 heavy (non-hydrogen) atoms. The highest BCUT2D eigenvalue weighted by Gasteiger charge is 2.29. The van der Waals surface area contributed by atoms with Crippen LogP contribution in [0.3, 0.4) is 0 Å². The average molecular weight is 268 g/mol. The Hall–Kier alpha value is -1.40. The zero-order chi connectivity index (χ0) is 13.8. The third-order valence-corrected chi connectivity index (χ3v) is 3.62. The fourth-order valence-corrected chi connectivity index (χ4v) is 2.53. The molecule has 1 N–H and O–H groups in total. The molecule has 6 nitrogen and oxygen atoms in total. The molecule has 0 radical (unpaired) electrons. The van der Waals surface area contributed by atoms with Crippen LogP contribution in [0.2, 0.25) is 0 Å². The first kappa shape index (κ1) is 14.0. The largest absolute Gasteiger partial charge is 0.481 e. The van der Waals surface area contributed by atoms with E-state index in [9.17, 15) is 4.79 Å². The summed E-state index contributed by atoms with van der Waals surface area (Å²) in [5.74, 6) is -0.187. The number of nitrogens with zero attached hydrogens (tertiary/aromatic N) is 2. The highest BCUT2D eigenvalue weighted by molar-refractivity contribution is 5.70. The van der Waals surface area contributed by atoms with Crippen LogP contribution in [0.1, 0.15) is 31.2 Å². The van der Waals surface area contributed by atoms with Gasteiger partial charge in [0.2, 0.25) is 0 Å². The number of ether oxygens (including phenoxy) is 1. The summed E-state index contributed by atoms with van der Waals surface area (Å²) in [5, 5.41) is 13.0. The molecule has 2 atom stereocenters. The fraction of sp³-hybridized carbons (Fsp3) is 0.692. The Morgan fingerprint density at radius 3 is 3.11 bits per heavy atom. The number of carboxylic acid groups (broad SMARTS) is 1. The second-order valence-corrected chi connectivity index (χ2v) is 5.10. The number of carboxylic acids is 1. The number of rotatable bonds is 5. The molecule has 6 heteroatoms. The van der Waals surface area contributed by atoms with Gasteiger partial charge in [-0.2, -0.15) is 0 Å². The van der Waals surface area contributed by atoms with Gasteiger partial charge in [0.15, 0.2) is 5.76 Å². The minimum absolute atomic E-state index is 0.215. The Balaban J connectivity index is 1.90. The van der Waals surface area contributed by atoms with Crippen molar-refractivity contribution in [1.82, 2.24) is 10.1 Å². The maximum atomic E-state index is 11.0. The lowest BCUT2D eigenvalue weighted by Crippen LogP contribution is -2.42. The van der Waals surface area contributed by atoms with Crippen molar-refractivity contribution < 1.29 is 19.2 Å². The van der Waals surface area contributed by atoms with Crippen molar-refractivity contribution in [2.45, 2.75) is 39.0 Å². The van der Waals surface area contributed by atoms with E-state index in [4.69, 9.17) is 14.4 Å². The Morgan fingerprint density at radius 1 is 1.68 bits per heavy atom. The van der Waals surface area contributed by atoms with Crippen LogP contribution < -0.4 is 0 Å². The van der Waals surface area contributed by atoms with Crippen LogP contribution in [0.15, 0.2) is 10.6 Å². The fourth-order valence-electron chi connectivity index (χ4n) is 2.53. The predicted molar refractivity (Wildman–Crippen MR) is 67.4 cm³/mol. The number of piperidine rings is 1. The minimum Gasteiger partial charge on any atom is -0.481 e. The number of aromatic nitrogens is 1. The van der Waals surface area contributed by atoms with Crippen molar-refractivity contribution in [3.05, 3.63) is 17.5 Å². The molecule has 2 unspecified atom stereocenters. The van der Waals surface area contributed by atoms with Gasteiger partial charge in [-0.25, -0.2) is 0 Å². The Kier molecular flexibility index (Phi) is 4.55. The van der Waals surface area contributed by atoms with E-state index in [0.717, 1.165) is 12.2 Å². The van der Waals surface area contributed by atoms with Gasteiger partial charge in [-0.15, -0.1) is 0 Å². The van der Waals surface area contributed by atoms with E-state index in [1.54, 1.807) is 7.11 Å². The quantitative estimate of drug-likeness (QED) is 0.872. The van der Waals surface area contributed by atoms with Crippen LogP contribution in [-0.4, -0.2) is 40.8 Å². The summed E-state index contributed by atoms with van der Waals surface area (Å²) in [7, 11) is 1.61. The van der Waals surface area contributed by atoms with Crippen LogP contribution in [0.5, 0.6) is 0 Å². The molecule has 2 rings (SSSR count). The first-order valence-electron chi connectivity index (χ1n) is 6.50. The lowest BCUT2D eigenvalue weighted by molar-refractivity contribution is -0.144. The normalized spacial score (nSPS) is 24.5. The topological polar surface area (TPSA) is 75.8 Å². The molecule has 1 aliphatic heterocycles. The highest BCUT2D eigenvalue weighted by atomic mass is 16.5. The SMILES string of the molecule is COCc1cc(CN2CCC(C(=O)O)CC2C)no1. The molecule has 106 valence electrons. The molecule has 1 fully saturated rings. The molecule has 0 amide bonds. The number of likely N-dealkylation sites (tertiary alicyclic amines) is 1. The first-order chi connectivity index (χ1) is 9.10. The molecular formula is C13H20N2O4. The van der Waals surface area contributed by atoms with Crippen molar-refractivity contribution in [3.8, 4) is 0 Å². The molecule has 1 aromatic rings. The van der Waals surface area contributed by atoms with Gasteiger partial charge in [-0.3, -0.25) is 9.69 Å². The van der Waals surface area contributed by atoms with Crippen molar-refractivity contribution in [2.24, 2.45) is 5.92 Å². The van der Waals surface area contributed by atoms with Gasteiger partial charge in [-0.1, -0.05) is 5.16 Å². The minimum atomic E-state index is -0.685. The molecule has 0 spiro atoms. The van der Waals surface area contributed by atoms with E-state index in [1.807, 2.05) is 6.07 Å². The summed E-state index contributed by atoms with van der Waals surface area (Å²) in [6, 6.07) is 2.14. The number of hydrogen-bond acceptors (Lipinski definition) is 5. The number of hydrogen-bond donors (Lipinski definition) is 1. The molecule has 0 aliphatic carbocycles. The van der Waals surface area contributed by atoms with E-state index in [1.165, 1.54) is 0 Å². The van der Waals surface area contributed by atoms with E-state index in [2.05, 4.69) is 17.0 Å². The zero-order valence-corrected chi connectivity index (χ0v) is 11.3. The van der Waals surface area contributed by atoms with Gasteiger partial charge >= 0.3 is 5.97 Å². The van der Waals surface area contributed by atoms with Gasteiger partial charge in [-0.05, 0) is 26.3 Å². The Bertz CT molecular complexity index is 432. The second kappa shape index (κ2) is 6.16. The van der Waals surface area contributed by atoms with Crippen molar-refractivity contribution in [2.75, 3.05) is 13.7 Å². The zero-order valence-electron chi connectivity index (χ0n) is 11.3. The summed E-state index contributed by atoms with van der Waals surface area (Å²) < 4.78 is 10.1. The van der Waals surface area contributed by atoms with Gasteiger partial charge < -0.3 is 14.4 Å². The molecule has 1 saturated heterocycles. The maximum absolute atomic E-state index is 11.0. The van der Waals surface area contributed by atoms with E-state index in [-0.39, 0.29) is 12.0 Å². The molecule has 0 saturated carbocycles. The monoisotopic (exact) mass is 268 g/mol. The summed E-state index contributed by atoms with van der Waals surface area (Å²) >= 11 is 0. The van der Waals surface area contributed by atoms with Gasteiger partial charge in [0.1, 0.15) is 6.61 Å². The van der Waals surface area contributed by atoms with E-state index < -0.39 is 5.97 Å². The molecule has 0 bridgehead atoms. The highest BCUT2D eigenvalue weighted by Crippen LogP contribution is 2.24. The number of carbonyl (C=O) groups is 1. The summed E-state index contributed by atoms with van der Waals surface area (Å²) in [6.07, 6.45) is 1.39. The standard InChI is InChI=1S/C13H20N2O4/c1-9-5-10(13(16)17)3-4-15(9)7-11-6-12(8-18-2)19-14-11/h6,9-10H,3-5,7-8H2,1-2H3,(H,16,17). The van der Waals surface area contributed by atoms with E-state index >= 15 is 0 Å². The number of aliphatic carboxylic acids is 1. The van der Waals surface area contributed by atoms with Crippen LogP contribution >= 0.6 is 0 Å². The van der Waals surface area contributed by atoms with Crippen molar-refractivity contribution in [1.29, 1.82) is 0 Å². The first-order valence-corrected chi connectivity index (χ1v) is 6.50. The van der Waals surface area contributed by atoms with E-state index in [0.29, 0.717) is 31.8 Å². The Labute approximate surface area is 112 Å². The molecule has 1 aliphatic rings. The van der Waals surface area contributed by atoms with Gasteiger partial charge in [0, 0.05) is 25.8 Å². The maximum Gasteiger partial charge on any atom is 0.306 e. The third kappa shape index (κ3) is 3.54. The summed E-state index contributed by atoms with van der Waals surface area (Å²) in [5.41, 5.74) is 0.868. The molecule has 1 aromatic heterocycles. The van der Waals surface area contributed by atoms with Crippen LogP contribution in [-0.2, 0) is 22.7 Å². The molecular weight excluding hydrogens is 248 g/mol. The molecule has 0 aromatic carbocycles. The lowest BCUT2D eigenvalue weighted by Gasteiger charge is -2.35. The van der Waals surface area contributed by atoms with Crippen molar-refractivity contribution in [3.63, 3.8) is 0 Å². The summed E-state index contributed by atoms with van der Waals surface area (Å²) in [6.45, 7) is 3.96. The van der Waals surface area contributed by atoms with Crippen LogP contribution in [0.25, 0.3) is 0 Å². The smallest absolute Gasteiger partial charge is 0.306 e. The Morgan fingerprint density at radius 2 is 2.47 bits per heavy atom. The van der Waals surface area contributed by atoms with Crippen molar-refractivity contribution >= 4 is 5.97 Å². The van der Waals surface area contributed by atoms with Crippen LogP contribution in [0, 0.1) is 5.92 Å². The van der Waals surface area contributed by atoms with Gasteiger partial charge in [0.05, 0.1) is 11.6 Å². The second-order valence-electron chi connectivity index (χ2n) is 5.10. The van der Waals surface area contributed by atoms with Gasteiger partial charge in [0.25, 0.3) is 0 Å². The number of methoxy groups -OCH3 is 1. The third-order valence-electron chi connectivity index (χ3n) is 3.62. The average Bonchev–Trinajstić information content (AvgIpc) is 2.79.